The van der Waals surface area contributed by atoms with Crippen molar-refractivity contribution in [2.45, 2.75) is 13.8 Å². The molecule has 54 valence electrons. The Morgan fingerprint density at radius 1 is 1.33 bits per heavy atom. The average molecular weight is 143 g/mol. The van der Waals surface area contributed by atoms with Gasteiger partial charge < -0.3 is 4.90 Å². The van der Waals surface area contributed by atoms with Crippen LogP contribution in [0.4, 0.5) is 0 Å². The van der Waals surface area contributed by atoms with Gasteiger partial charge in [-0.15, -0.1) is 5.70 Å². The third kappa shape index (κ3) is 4.42. The second-order valence-corrected chi connectivity index (χ2v) is 2.72. The molecule has 0 N–H and O–H groups in total. The lowest BCUT2D eigenvalue weighted by Gasteiger charge is -2.14. The molecule has 0 aromatic heterocycles. The summed E-state index contributed by atoms with van der Waals surface area (Å²) in [6, 6.07) is 0. The van der Waals surface area contributed by atoms with Crippen LogP contribution in [0.3, 0.4) is 0 Å². The van der Waals surface area contributed by atoms with E-state index < -0.39 is 0 Å². The first-order chi connectivity index (χ1) is 4.35. The molecule has 0 atom stereocenters. The summed E-state index contributed by atoms with van der Waals surface area (Å²) in [6.45, 7) is 7.87. The number of hydrogen-bond donors (Lipinski definition) is 0. The summed E-state index contributed by atoms with van der Waals surface area (Å²) in [6.07, 6.45) is 2.25. The van der Waals surface area contributed by atoms with Crippen molar-refractivity contribution in [1.29, 1.82) is 0 Å². The minimum Gasteiger partial charge on any atom is -0.300 e. The molecule has 0 aliphatic rings. The topological polar surface area (TPSA) is 3.24 Å². The van der Waals surface area contributed by atoms with Gasteiger partial charge in [-0.05, 0) is 13.1 Å². The van der Waals surface area contributed by atoms with Crippen LogP contribution in [-0.2, 0) is 0 Å². The lowest BCUT2D eigenvalue weighted by Crippen LogP contribution is -2.22. The Labute approximate surface area is 61.2 Å². The molecule has 0 saturated carbocycles. The normalized spacial score (nSPS) is 11.9. The van der Waals surface area contributed by atoms with E-state index in [2.05, 4.69) is 30.5 Å². The van der Waals surface area contributed by atoms with Gasteiger partial charge in [0, 0.05) is 16.8 Å². The largest absolute Gasteiger partial charge is 0.300 e. The summed E-state index contributed by atoms with van der Waals surface area (Å²) in [5, 5.41) is 0. The predicted molar refractivity (Wildman–Crippen MR) is 46.9 cm³/mol. The lowest BCUT2D eigenvalue weighted by molar-refractivity contribution is 0.337. The number of likely N-dealkylation sites (N-methyl/N-ethyl adjacent to an activating group) is 1. The molecular weight excluding hydrogens is 126 g/mol. The van der Waals surface area contributed by atoms with Crippen molar-refractivity contribution >= 4 is 10.2 Å². The molecular formula is C7H17NSi. The third-order valence-electron chi connectivity index (χ3n) is 1.49. The molecule has 0 aromatic carbocycles. The molecule has 0 aliphatic heterocycles. The van der Waals surface area contributed by atoms with Crippen LogP contribution in [0.2, 0.25) is 0 Å². The van der Waals surface area contributed by atoms with Crippen LogP contribution in [0.1, 0.15) is 13.8 Å². The fraction of sp³-hybridized carbons (Fsp3) is 0.714. The SMILES string of the molecule is CCN(CC)CC=C[SiH3]. The first-order valence-corrected chi connectivity index (χ1v) is 4.84. The summed E-state index contributed by atoms with van der Waals surface area (Å²) in [5.41, 5.74) is 2.23. The Bertz CT molecular complexity index is 77.0. The van der Waals surface area contributed by atoms with E-state index in [0.29, 0.717) is 0 Å². The van der Waals surface area contributed by atoms with E-state index in [0.717, 1.165) is 6.54 Å². The van der Waals surface area contributed by atoms with Crippen LogP contribution < -0.4 is 0 Å². The molecule has 0 aromatic rings. The Balaban J connectivity index is 3.31. The number of nitrogens with zero attached hydrogens (tertiary/aromatic N) is 1. The van der Waals surface area contributed by atoms with E-state index in [9.17, 15) is 0 Å². The number of rotatable bonds is 4. The quantitative estimate of drug-likeness (QED) is 0.508. The van der Waals surface area contributed by atoms with Crippen LogP contribution in [-0.4, -0.2) is 34.8 Å². The Kier molecular flexibility index (Phi) is 5.99. The second kappa shape index (κ2) is 6.04. The maximum atomic E-state index is 2.40. The highest BCUT2D eigenvalue weighted by molar-refractivity contribution is 6.16. The minimum absolute atomic E-state index is 1.14. The maximum absolute atomic E-state index is 2.40. The van der Waals surface area contributed by atoms with Crippen LogP contribution in [0.15, 0.2) is 11.8 Å². The van der Waals surface area contributed by atoms with Gasteiger partial charge in [0.25, 0.3) is 0 Å². The zero-order valence-electron chi connectivity index (χ0n) is 6.72. The van der Waals surface area contributed by atoms with Gasteiger partial charge in [-0.3, -0.25) is 0 Å². The molecule has 2 heteroatoms. The highest BCUT2D eigenvalue weighted by atomic mass is 28.1. The minimum atomic E-state index is 1.14. The van der Waals surface area contributed by atoms with Gasteiger partial charge in [-0.25, -0.2) is 0 Å². The van der Waals surface area contributed by atoms with E-state index in [1.807, 2.05) is 0 Å². The average Bonchev–Trinajstić information content (AvgIpc) is 1.91. The number of hydrogen-bond acceptors (Lipinski definition) is 1. The molecule has 9 heavy (non-hydrogen) atoms. The van der Waals surface area contributed by atoms with E-state index >= 15 is 0 Å². The molecule has 0 saturated heterocycles. The third-order valence-corrected chi connectivity index (χ3v) is 1.97. The fourth-order valence-electron chi connectivity index (χ4n) is 0.736. The molecule has 0 heterocycles. The van der Waals surface area contributed by atoms with Crippen molar-refractivity contribution in [1.82, 2.24) is 4.90 Å². The van der Waals surface area contributed by atoms with Crippen LogP contribution >= 0.6 is 0 Å². The Hall–Kier alpha value is -0.0831. The van der Waals surface area contributed by atoms with E-state index in [4.69, 9.17) is 0 Å². The summed E-state index contributed by atoms with van der Waals surface area (Å²) < 4.78 is 0. The molecule has 0 unspecified atom stereocenters. The van der Waals surface area contributed by atoms with Crippen molar-refractivity contribution in [3.05, 3.63) is 11.8 Å². The molecule has 0 amide bonds. The summed E-state index contributed by atoms with van der Waals surface area (Å²) >= 11 is 0. The smallest absolute Gasteiger partial charge is 0.0287 e. The van der Waals surface area contributed by atoms with Gasteiger partial charge in [0.05, 0.1) is 0 Å². The lowest BCUT2D eigenvalue weighted by atomic mass is 10.5. The van der Waals surface area contributed by atoms with Gasteiger partial charge in [-0.1, -0.05) is 19.9 Å². The highest BCUT2D eigenvalue weighted by Crippen LogP contribution is 1.85. The summed E-state index contributed by atoms with van der Waals surface area (Å²) in [5.74, 6) is 0. The van der Waals surface area contributed by atoms with Crippen molar-refractivity contribution in [2.24, 2.45) is 0 Å². The fourth-order valence-corrected chi connectivity index (χ4v) is 0.947. The van der Waals surface area contributed by atoms with Crippen LogP contribution in [0.5, 0.6) is 0 Å². The van der Waals surface area contributed by atoms with Crippen LogP contribution in [0.25, 0.3) is 0 Å². The zero-order valence-corrected chi connectivity index (χ0v) is 8.72. The second-order valence-electron chi connectivity index (χ2n) is 2.05. The monoisotopic (exact) mass is 143 g/mol. The van der Waals surface area contributed by atoms with Gasteiger partial charge >= 0.3 is 0 Å². The maximum Gasteiger partial charge on any atom is 0.0287 e. The Morgan fingerprint density at radius 3 is 2.22 bits per heavy atom. The van der Waals surface area contributed by atoms with E-state index in [1.165, 1.54) is 23.3 Å². The molecule has 1 nitrogen and oxygen atoms in total. The van der Waals surface area contributed by atoms with E-state index in [1.54, 1.807) is 0 Å². The van der Waals surface area contributed by atoms with Gasteiger partial charge in [0.2, 0.25) is 0 Å². The molecule has 0 radical (unpaired) electrons. The first-order valence-electron chi connectivity index (χ1n) is 3.68. The van der Waals surface area contributed by atoms with Gasteiger partial charge in [-0.2, -0.15) is 0 Å². The zero-order chi connectivity index (χ0) is 7.11. The first kappa shape index (κ1) is 8.92. The molecule has 0 fully saturated rings. The van der Waals surface area contributed by atoms with Gasteiger partial charge in [0.1, 0.15) is 0 Å². The Morgan fingerprint density at radius 2 is 1.89 bits per heavy atom. The molecule has 0 aliphatic carbocycles. The van der Waals surface area contributed by atoms with Crippen molar-refractivity contribution in [3.8, 4) is 0 Å². The van der Waals surface area contributed by atoms with Crippen molar-refractivity contribution in [3.63, 3.8) is 0 Å². The van der Waals surface area contributed by atoms with Crippen molar-refractivity contribution in [2.75, 3.05) is 19.6 Å². The van der Waals surface area contributed by atoms with Crippen molar-refractivity contribution < 1.29 is 0 Å². The molecule has 0 rings (SSSR count). The van der Waals surface area contributed by atoms with E-state index in [-0.39, 0.29) is 0 Å². The van der Waals surface area contributed by atoms with Gasteiger partial charge in [0.15, 0.2) is 0 Å². The highest BCUT2D eigenvalue weighted by Gasteiger charge is 1.91. The summed E-state index contributed by atoms with van der Waals surface area (Å²) in [7, 11) is 1.19. The summed E-state index contributed by atoms with van der Waals surface area (Å²) in [4.78, 5) is 2.40. The van der Waals surface area contributed by atoms with Crippen LogP contribution in [0, 0.1) is 0 Å². The standard InChI is InChI=1S/C7H17NSi/c1-3-8(4-2)6-5-7-9/h5,7H,3-4,6H2,1-2,9H3. The molecule has 0 spiro atoms. The predicted octanol–water partition coefficient (Wildman–Crippen LogP) is 0.207. The molecule has 0 bridgehead atoms.